The molecule has 0 aliphatic heterocycles. The Hall–Kier alpha value is -2.57. The highest BCUT2D eigenvalue weighted by molar-refractivity contribution is 5.93. The fraction of sp³-hybridized carbons (Fsp3) is 0.591. The third kappa shape index (κ3) is 8.13. The molecular formula is C22H35N5O2. The SMILES string of the molecule is CN=C(NCCNC(=O)CC1CCCCC1)NCc1ccc(C(=O)N(C)C)cc1. The van der Waals surface area contributed by atoms with Crippen LogP contribution in [0, 0.1) is 5.92 Å². The molecule has 0 bridgehead atoms. The van der Waals surface area contributed by atoms with E-state index in [0.29, 0.717) is 43.5 Å². The van der Waals surface area contributed by atoms with Gasteiger partial charge in [-0.2, -0.15) is 0 Å². The number of benzene rings is 1. The summed E-state index contributed by atoms with van der Waals surface area (Å²) in [5.74, 6) is 1.38. The number of guanidine groups is 1. The van der Waals surface area contributed by atoms with Crippen molar-refractivity contribution in [2.45, 2.75) is 45.1 Å². The van der Waals surface area contributed by atoms with Gasteiger partial charge in [0, 0.05) is 52.8 Å². The van der Waals surface area contributed by atoms with Crippen LogP contribution in [0.1, 0.15) is 54.4 Å². The summed E-state index contributed by atoms with van der Waals surface area (Å²) < 4.78 is 0. The van der Waals surface area contributed by atoms with Crippen molar-refractivity contribution in [3.05, 3.63) is 35.4 Å². The zero-order chi connectivity index (χ0) is 21.1. The lowest BCUT2D eigenvalue weighted by Crippen LogP contribution is -2.41. The summed E-state index contributed by atoms with van der Waals surface area (Å²) in [5, 5.41) is 9.44. The van der Waals surface area contributed by atoms with Gasteiger partial charge in [0.05, 0.1) is 0 Å². The Labute approximate surface area is 174 Å². The van der Waals surface area contributed by atoms with Gasteiger partial charge in [0.2, 0.25) is 5.91 Å². The zero-order valence-corrected chi connectivity index (χ0v) is 18.0. The van der Waals surface area contributed by atoms with Crippen LogP contribution in [-0.2, 0) is 11.3 Å². The van der Waals surface area contributed by atoms with Gasteiger partial charge in [-0.25, -0.2) is 0 Å². The van der Waals surface area contributed by atoms with Crippen LogP contribution in [0.5, 0.6) is 0 Å². The van der Waals surface area contributed by atoms with E-state index in [1.165, 1.54) is 32.1 Å². The maximum absolute atomic E-state index is 12.0. The molecule has 0 unspecified atom stereocenters. The molecule has 1 saturated carbocycles. The van der Waals surface area contributed by atoms with E-state index in [9.17, 15) is 9.59 Å². The Morgan fingerprint density at radius 1 is 1.00 bits per heavy atom. The van der Waals surface area contributed by atoms with Crippen molar-refractivity contribution >= 4 is 17.8 Å². The van der Waals surface area contributed by atoms with Crippen LogP contribution in [0.4, 0.5) is 0 Å². The molecule has 2 amide bonds. The maximum Gasteiger partial charge on any atom is 0.253 e. The highest BCUT2D eigenvalue weighted by Crippen LogP contribution is 2.25. The van der Waals surface area contributed by atoms with Crippen LogP contribution in [0.2, 0.25) is 0 Å². The summed E-state index contributed by atoms with van der Waals surface area (Å²) in [6.07, 6.45) is 6.86. The van der Waals surface area contributed by atoms with Gasteiger partial charge in [-0.1, -0.05) is 31.4 Å². The number of nitrogens with one attached hydrogen (secondary N) is 3. The number of aliphatic imine (C=N–C) groups is 1. The molecule has 0 radical (unpaired) electrons. The highest BCUT2D eigenvalue weighted by atomic mass is 16.2. The van der Waals surface area contributed by atoms with Crippen molar-refractivity contribution in [2.75, 3.05) is 34.2 Å². The van der Waals surface area contributed by atoms with Gasteiger partial charge in [-0.3, -0.25) is 14.6 Å². The number of amides is 2. The largest absolute Gasteiger partial charge is 0.355 e. The number of rotatable bonds is 8. The Kier molecular flexibility index (Phi) is 9.47. The number of carbonyl (C=O) groups is 2. The number of hydrogen-bond donors (Lipinski definition) is 3. The summed E-state index contributed by atoms with van der Waals surface area (Å²) in [6.45, 7) is 1.80. The van der Waals surface area contributed by atoms with E-state index in [0.717, 1.165) is 5.56 Å². The average Bonchev–Trinajstić information content (AvgIpc) is 2.73. The van der Waals surface area contributed by atoms with Crippen LogP contribution >= 0.6 is 0 Å². The molecule has 1 aromatic rings. The standard InChI is InChI=1S/C22H35N5O2/c1-23-22(25-14-13-24-20(28)15-17-7-5-4-6-8-17)26-16-18-9-11-19(12-10-18)21(29)27(2)3/h9-12,17H,4-8,13-16H2,1-3H3,(H,24,28)(H2,23,25,26). The molecule has 160 valence electrons. The first kappa shape index (κ1) is 22.7. The number of carbonyl (C=O) groups excluding carboxylic acids is 2. The third-order valence-corrected chi connectivity index (χ3v) is 5.23. The predicted octanol–water partition coefficient (Wildman–Crippen LogP) is 2.14. The normalized spacial score (nSPS) is 14.9. The molecule has 3 N–H and O–H groups in total. The van der Waals surface area contributed by atoms with Crippen molar-refractivity contribution in [2.24, 2.45) is 10.9 Å². The van der Waals surface area contributed by atoms with Crippen LogP contribution in [0.3, 0.4) is 0 Å². The second-order valence-corrected chi connectivity index (χ2v) is 7.81. The fourth-order valence-electron chi connectivity index (χ4n) is 3.54. The van der Waals surface area contributed by atoms with Crippen LogP contribution in [0.25, 0.3) is 0 Å². The van der Waals surface area contributed by atoms with Crippen LogP contribution in [0.15, 0.2) is 29.3 Å². The van der Waals surface area contributed by atoms with Gasteiger partial charge >= 0.3 is 0 Å². The molecule has 7 nitrogen and oxygen atoms in total. The van der Waals surface area contributed by atoms with E-state index in [1.807, 2.05) is 24.3 Å². The third-order valence-electron chi connectivity index (χ3n) is 5.23. The fourth-order valence-corrected chi connectivity index (χ4v) is 3.54. The topological polar surface area (TPSA) is 85.8 Å². The first-order valence-electron chi connectivity index (χ1n) is 10.5. The minimum atomic E-state index is -0.00693. The second-order valence-electron chi connectivity index (χ2n) is 7.81. The van der Waals surface area contributed by atoms with Gasteiger partial charge in [-0.15, -0.1) is 0 Å². The lowest BCUT2D eigenvalue weighted by atomic mass is 9.87. The van der Waals surface area contributed by atoms with Crippen molar-refractivity contribution in [1.29, 1.82) is 0 Å². The summed E-state index contributed by atoms with van der Waals surface area (Å²) in [6, 6.07) is 7.53. The van der Waals surface area contributed by atoms with Gasteiger partial charge in [-0.05, 0) is 36.5 Å². The number of hydrogen-bond acceptors (Lipinski definition) is 3. The van der Waals surface area contributed by atoms with Gasteiger partial charge in [0.25, 0.3) is 5.91 Å². The monoisotopic (exact) mass is 401 g/mol. The molecule has 1 aliphatic rings. The van der Waals surface area contributed by atoms with E-state index in [1.54, 1.807) is 26.0 Å². The number of nitrogens with zero attached hydrogens (tertiary/aromatic N) is 2. The summed E-state index contributed by atoms with van der Waals surface area (Å²) in [7, 11) is 5.20. The van der Waals surface area contributed by atoms with E-state index in [2.05, 4.69) is 20.9 Å². The quantitative estimate of drug-likeness (QED) is 0.354. The molecule has 0 spiro atoms. The molecule has 1 fully saturated rings. The van der Waals surface area contributed by atoms with E-state index in [-0.39, 0.29) is 11.8 Å². The summed E-state index contributed by atoms with van der Waals surface area (Å²) >= 11 is 0. The molecule has 0 aromatic heterocycles. The molecule has 2 rings (SSSR count). The summed E-state index contributed by atoms with van der Waals surface area (Å²) in [4.78, 5) is 29.7. The van der Waals surface area contributed by atoms with Gasteiger partial charge < -0.3 is 20.9 Å². The Morgan fingerprint density at radius 2 is 1.66 bits per heavy atom. The van der Waals surface area contributed by atoms with Gasteiger partial charge in [0.15, 0.2) is 5.96 Å². The van der Waals surface area contributed by atoms with E-state index < -0.39 is 0 Å². The van der Waals surface area contributed by atoms with E-state index >= 15 is 0 Å². The first-order valence-corrected chi connectivity index (χ1v) is 10.5. The smallest absolute Gasteiger partial charge is 0.253 e. The molecule has 0 saturated heterocycles. The van der Waals surface area contributed by atoms with Crippen LogP contribution in [-0.4, -0.2) is 56.9 Å². The molecule has 7 heteroatoms. The van der Waals surface area contributed by atoms with E-state index in [4.69, 9.17) is 0 Å². The molecule has 1 aliphatic carbocycles. The molecule has 0 heterocycles. The Balaban J connectivity index is 1.64. The van der Waals surface area contributed by atoms with Crippen molar-refractivity contribution in [1.82, 2.24) is 20.9 Å². The van der Waals surface area contributed by atoms with Crippen molar-refractivity contribution < 1.29 is 9.59 Å². The minimum Gasteiger partial charge on any atom is -0.355 e. The molecule has 0 atom stereocenters. The minimum absolute atomic E-state index is 0.00693. The highest BCUT2D eigenvalue weighted by Gasteiger charge is 2.16. The maximum atomic E-state index is 12.0. The Bertz CT molecular complexity index is 679. The van der Waals surface area contributed by atoms with Crippen LogP contribution < -0.4 is 16.0 Å². The zero-order valence-electron chi connectivity index (χ0n) is 18.0. The summed E-state index contributed by atoms with van der Waals surface area (Å²) in [5.41, 5.74) is 1.73. The first-order chi connectivity index (χ1) is 14.0. The lowest BCUT2D eigenvalue weighted by Gasteiger charge is -2.20. The van der Waals surface area contributed by atoms with Crippen molar-refractivity contribution in [3.8, 4) is 0 Å². The average molecular weight is 402 g/mol. The van der Waals surface area contributed by atoms with Gasteiger partial charge in [0.1, 0.15) is 0 Å². The predicted molar refractivity (Wildman–Crippen MR) is 117 cm³/mol. The lowest BCUT2D eigenvalue weighted by molar-refractivity contribution is -0.122. The Morgan fingerprint density at radius 3 is 2.28 bits per heavy atom. The van der Waals surface area contributed by atoms with Crippen molar-refractivity contribution in [3.63, 3.8) is 0 Å². The molecule has 1 aromatic carbocycles. The molecule has 29 heavy (non-hydrogen) atoms. The second kappa shape index (κ2) is 12.1. The molecular weight excluding hydrogens is 366 g/mol.